The molecule has 5 heteroatoms. The molecule has 108 valence electrons. The van der Waals surface area contributed by atoms with Crippen molar-refractivity contribution in [1.82, 2.24) is 4.90 Å². The third-order valence-corrected chi connectivity index (χ3v) is 3.59. The van der Waals surface area contributed by atoms with Crippen LogP contribution in [0.3, 0.4) is 0 Å². The van der Waals surface area contributed by atoms with Gasteiger partial charge in [0.2, 0.25) is 0 Å². The highest BCUT2D eigenvalue weighted by Gasteiger charge is 2.17. The lowest BCUT2D eigenvalue weighted by Gasteiger charge is -2.31. The molecule has 0 N–H and O–H groups in total. The minimum absolute atomic E-state index is 0. The molecule has 0 atom stereocenters. The second-order valence-electron chi connectivity index (χ2n) is 5.21. The number of benzene rings is 1. The fourth-order valence-electron chi connectivity index (χ4n) is 1.32. The molecule has 0 amide bonds. The first-order valence-corrected chi connectivity index (χ1v) is 6.74. The summed E-state index contributed by atoms with van der Waals surface area (Å²) in [7, 11) is 2.02. The number of esters is 1. The Morgan fingerprint density at radius 1 is 1.32 bits per heavy atom. The molecule has 1 aromatic rings. The molecule has 3 nitrogen and oxygen atoms in total. The van der Waals surface area contributed by atoms with Crippen molar-refractivity contribution in [3.05, 3.63) is 34.3 Å². The van der Waals surface area contributed by atoms with Gasteiger partial charge >= 0.3 is 5.97 Å². The van der Waals surface area contributed by atoms with Crippen LogP contribution in [0.4, 0.5) is 0 Å². The van der Waals surface area contributed by atoms with Gasteiger partial charge in [0, 0.05) is 16.6 Å². The lowest BCUT2D eigenvalue weighted by Crippen LogP contribution is -2.40. The van der Waals surface area contributed by atoms with Crippen molar-refractivity contribution in [2.75, 3.05) is 20.2 Å². The maximum atomic E-state index is 11.8. The molecular formula is C14H21BrClNO2. The van der Waals surface area contributed by atoms with Gasteiger partial charge < -0.3 is 4.74 Å². The van der Waals surface area contributed by atoms with Crippen LogP contribution in [-0.2, 0) is 4.74 Å². The second kappa shape index (κ2) is 7.88. The maximum Gasteiger partial charge on any atom is 0.339 e. The van der Waals surface area contributed by atoms with E-state index in [9.17, 15) is 4.79 Å². The van der Waals surface area contributed by atoms with Gasteiger partial charge in [0.05, 0.1) is 5.56 Å². The van der Waals surface area contributed by atoms with Crippen LogP contribution in [0.5, 0.6) is 0 Å². The minimum atomic E-state index is -0.287. The van der Waals surface area contributed by atoms with E-state index >= 15 is 0 Å². The van der Waals surface area contributed by atoms with Gasteiger partial charge in [-0.2, -0.15) is 0 Å². The molecule has 0 bridgehead atoms. The minimum Gasteiger partial charge on any atom is -0.461 e. The molecule has 0 saturated carbocycles. The number of nitrogens with zero attached hydrogens (tertiary/aromatic N) is 1. The number of halogens is 2. The summed E-state index contributed by atoms with van der Waals surface area (Å²) in [5.41, 5.74) is 0.649. The van der Waals surface area contributed by atoms with Crippen LogP contribution in [0.25, 0.3) is 0 Å². The van der Waals surface area contributed by atoms with Crippen molar-refractivity contribution in [1.29, 1.82) is 0 Å². The number of carbonyl (C=O) groups is 1. The van der Waals surface area contributed by atoms with Crippen LogP contribution in [0.2, 0.25) is 0 Å². The van der Waals surface area contributed by atoms with E-state index in [4.69, 9.17) is 4.74 Å². The van der Waals surface area contributed by atoms with E-state index in [0.29, 0.717) is 12.2 Å². The highest BCUT2D eigenvalue weighted by atomic mass is 79.9. The molecule has 0 unspecified atom stereocenters. The predicted molar refractivity (Wildman–Crippen MR) is 84.1 cm³/mol. The standard InChI is InChI=1S/C14H20BrNO2.ClH/c1-14(2,3)16(4)9-10-18-13(17)11-7-5-6-8-12(11)15;/h5-8H,9-10H2,1-4H3;1H. The lowest BCUT2D eigenvalue weighted by molar-refractivity contribution is 0.0422. The Bertz CT molecular complexity index is 418. The average Bonchev–Trinajstić information content (AvgIpc) is 2.28. The molecule has 0 saturated heterocycles. The summed E-state index contributed by atoms with van der Waals surface area (Å²) in [5.74, 6) is -0.287. The van der Waals surface area contributed by atoms with Crippen molar-refractivity contribution in [2.45, 2.75) is 26.3 Å². The number of hydrogen-bond acceptors (Lipinski definition) is 3. The Morgan fingerprint density at radius 3 is 2.42 bits per heavy atom. The van der Waals surface area contributed by atoms with Crippen LogP contribution in [-0.4, -0.2) is 36.6 Å². The Kier molecular flexibility index (Phi) is 7.64. The van der Waals surface area contributed by atoms with E-state index in [1.165, 1.54) is 0 Å². The molecule has 0 aliphatic carbocycles. The number of likely N-dealkylation sites (N-methyl/N-ethyl adjacent to an activating group) is 1. The monoisotopic (exact) mass is 349 g/mol. The van der Waals surface area contributed by atoms with Crippen molar-refractivity contribution in [3.8, 4) is 0 Å². The van der Waals surface area contributed by atoms with Gasteiger partial charge in [-0.1, -0.05) is 12.1 Å². The largest absolute Gasteiger partial charge is 0.461 e. The average molecular weight is 351 g/mol. The topological polar surface area (TPSA) is 29.5 Å². The Balaban J connectivity index is 0.00000324. The van der Waals surface area contributed by atoms with Gasteiger partial charge in [-0.15, -0.1) is 12.4 Å². The molecule has 0 aliphatic rings. The molecule has 0 heterocycles. The molecule has 0 radical (unpaired) electrons. The first kappa shape index (κ1) is 18.4. The highest BCUT2D eigenvalue weighted by Crippen LogP contribution is 2.17. The van der Waals surface area contributed by atoms with Crippen LogP contribution < -0.4 is 0 Å². The second-order valence-corrected chi connectivity index (χ2v) is 6.06. The van der Waals surface area contributed by atoms with Crippen molar-refractivity contribution >= 4 is 34.3 Å². The summed E-state index contributed by atoms with van der Waals surface area (Å²) in [6, 6.07) is 7.27. The first-order chi connectivity index (χ1) is 8.32. The zero-order valence-corrected chi connectivity index (χ0v) is 14.2. The molecule has 19 heavy (non-hydrogen) atoms. The fraction of sp³-hybridized carbons (Fsp3) is 0.500. The first-order valence-electron chi connectivity index (χ1n) is 5.95. The molecule has 1 rings (SSSR count). The zero-order chi connectivity index (χ0) is 13.8. The van der Waals surface area contributed by atoms with Gasteiger partial charge in [0.15, 0.2) is 0 Å². The molecule has 0 aromatic heterocycles. The van der Waals surface area contributed by atoms with E-state index in [2.05, 4.69) is 41.6 Å². The van der Waals surface area contributed by atoms with Gasteiger partial charge in [-0.3, -0.25) is 4.90 Å². The van der Waals surface area contributed by atoms with Crippen LogP contribution in [0.1, 0.15) is 31.1 Å². The maximum absolute atomic E-state index is 11.8. The quantitative estimate of drug-likeness (QED) is 0.774. The Labute approximate surface area is 129 Å². The van der Waals surface area contributed by atoms with E-state index in [1.807, 2.05) is 25.2 Å². The SMILES string of the molecule is CN(CCOC(=O)c1ccccc1Br)C(C)(C)C.Cl. The summed E-state index contributed by atoms with van der Waals surface area (Å²) in [6.45, 7) is 7.50. The Hall–Kier alpha value is -0.580. The predicted octanol–water partition coefficient (Wildman–Crippen LogP) is 3.76. The van der Waals surface area contributed by atoms with Gasteiger partial charge in [-0.25, -0.2) is 4.79 Å². The number of rotatable bonds is 4. The fourth-order valence-corrected chi connectivity index (χ4v) is 1.76. The summed E-state index contributed by atoms with van der Waals surface area (Å²) in [5, 5.41) is 0. The highest BCUT2D eigenvalue weighted by molar-refractivity contribution is 9.10. The van der Waals surface area contributed by atoms with Gasteiger partial charge in [0.1, 0.15) is 6.61 Å². The van der Waals surface area contributed by atoms with Crippen molar-refractivity contribution < 1.29 is 9.53 Å². The number of hydrogen-bond donors (Lipinski definition) is 0. The van der Waals surface area contributed by atoms with E-state index in [-0.39, 0.29) is 23.9 Å². The van der Waals surface area contributed by atoms with E-state index in [1.54, 1.807) is 6.07 Å². The molecule has 0 spiro atoms. The van der Waals surface area contributed by atoms with Gasteiger partial charge in [-0.05, 0) is 55.9 Å². The summed E-state index contributed by atoms with van der Waals surface area (Å²) in [4.78, 5) is 14.0. The Morgan fingerprint density at radius 2 is 1.89 bits per heavy atom. The van der Waals surface area contributed by atoms with Crippen LogP contribution in [0.15, 0.2) is 28.7 Å². The normalized spacial score (nSPS) is 11.1. The van der Waals surface area contributed by atoms with Gasteiger partial charge in [0.25, 0.3) is 0 Å². The van der Waals surface area contributed by atoms with Crippen molar-refractivity contribution in [2.24, 2.45) is 0 Å². The molecule has 1 aromatic carbocycles. The summed E-state index contributed by atoms with van der Waals surface area (Å²) in [6.07, 6.45) is 0. The lowest BCUT2D eigenvalue weighted by atomic mass is 10.1. The summed E-state index contributed by atoms with van der Waals surface area (Å²) < 4.78 is 6.03. The van der Waals surface area contributed by atoms with Crippen molar-refractivity contribution in [3.63, 3.8) is 0 Å². The van der Waals surface area contributed by atoms with Crippen LogP contribution >= 0.6 is 28.3 Å². The number of carbonyl (C=O) groups excluding carboxylic acids is 1. The third kappa shape index (κ3) is 5.93. The molecule has 0 fully saturated rings. The van der Waals surface area contributed by atoms with E-state index in [0.717, 1.165) is 11.0 Å². The third-order valence-electron chi connectivity index (χ3n) is 2.90. The smallest absolute Gasteiger partial charge is 0.339 e. The van der Waals surface area contributed by atoms with E-state index < -0.39 is 0 Å². The van der Waals surface area contributed by atoms with Crippen LogP contribution in [0, 0.1) is 0 Å². The molecular weight excluding hydrogens is 330 g/mol. The summed E-state index contributed by atoms with van der Waals surface area (Å²) >= 11 is 3.34. The number of ether oxygens (including phenoxy) is 1. The molecule has 0 aliphatic heterocycles. The zero-order valence-electron chi connectivity index (χ0n) is 11.8.